The van der Waals surface area contributed by atoms with Crippen molar-refractivity contribution in [3.05, 3.63) is 16.0 Å². The largest absolute Gasteiger partial charge is 0.393 e. The van der Waals surface area contributed by atoms with Crippen LogP contribution in [0.1, 0.15) is 39.8 Å². The van der Waals surface area contributed by atoms with Crippen molar-refractivity contribution in [3.8, 4) is 0 Å². The minimum absolute atomic E-state index is 0.127. The molecule has 1 aromatic rings. The van der Waals surface area contributed by atoms with Crippen LogP contribution in [0.3, 0.4) is 0 Å². The molecule has 0 fully saturated rings. The normalized spacial score (nSPS) is 12.1. The van der Waals surface area contributed by atoms with Gasteiger partial charge in [0.1, 0.15) is 5.69 Å². The molecule has 1 heterocycles. The Morgan fingerprint density at radius 1 is 1.35 bits per heavy atom. The molecule has 0 unspecified atom stereocenters. The van der Waals surface area contributed by atoms with Gasteiger partial charge < -0.3 is 10.5 Å². The van der Waals surface area contributed by atoms with Gasteiger partial charge in [0, 0.05) is 13.7 Å². The van der Waals surface area contributed by atoms with E-state index in [4.69, 9.17) is 10.5 Å². The SMILES string of the molecule is CCCn1c(COC)c(N)c(=O)n1C(C)(C)C. The molecule has 0 aliphatic carbocycles. The van der Waals surface area contributed by atoms with Crippen LogP contribution in [0.4, 0.5) is 5.69 Å². The number of aromatic nitrogens is 2. The van der Waals surface area contributed by atoms with Crippen molar-refractivity contribution in [1.82, 2.24) is 9.36 Å². The highest BCUT2D eigenvalue weighted by Gasteiger charge is 2.24. The smallest absolute Gasteiger partial charge is 0.290 e. The molecule has 1 aromatic heterocycles. The van der Waals surface area contributed by atoms with E-state index in [1.165, 1.54) is 0 Å². The maximum absolute atomic E-state index is 12.2. The summed E-state index contributed by atoms with van der Waals surface area (Å²) in [7, 11) is 1.61. The number of nitrogen functional groups attached to an aromatic ring is 1. The van der Waals surface area contributed by atoms with Crippen LogP contribution < -0.4 is 11.3 Å². The fourth-order valence-corrected chi connectivity index (χ4v) is 2.01. The van der Waals surface area contributed by atoms with Gasteiger partial charge in [0.15, 0.2) is 0 Å². The van der Waals surface area contributed by atoms with Gasteiger partial charge in [-0.2, -0.15) is 0 Å². The molecule has 17 heavy (non-hydrogen) atoms. The molecule has 0 aliphatic rings. The van der Waals surface area contributed by atoms with Crippen molar-refractivity contribution < 1.29 is 4.74 Å². The Hall–Kier alpha value is -1.23. The fourth-order valence-electron chi connectivity index (χ4n) is 2.01. The van der Waals surface area contributed by atoms with Gasteiger partial charge in [0.05, 0.1) is 17.8 Å². The van der Waals surface area contributed by atoms with Crippen molar-refractivity contribution in [2.24, 2.45) is 0 Å². The Morgan fingerprint density at radius 3 is 2.35 bits per heavy atom. The molecule has 5 heteroatoms. The van der Waals surface area contributed by atoms with Gasteiger partial charge in [0.25, 0.3) is 5.56 Å². The minimum Gasteiger partial charge on any atom is -0.393 e. The van der Waals surface area contributed by atoms with E-state index in [0.29, 0.717) is 12.3 Å². The van der Waals surface area contributed by atoms with E-state index in [0.717, 1.165) is 18.7 Å². The molecule has 0 saturated carbocycles. The highest BCUT2D eigenvalue weighted by atomic mass is 16.5. The monoisotopic (exact) mass is 241 g/mol. The van der Waals surface area contributed by atoms with Crippen LogP contribution in [-0.4, -0.2) is 16.5 Å². The average Bonchev–Trinajstić information content (AvgIpc) is 2.43. The van der Waals surface area contributed by atoms with Crippen LogP contribution >= 0.6 is 0 Å². The van der Waals surface area contributed by atoms with Crippen molar-refractivity contribution in [2.75, 3.05) is 12.8 Å². The molecule has 0 atom stereocenters. The second-order valence-electron chi connectivity index (χ2n) is 5.20. The number of anilines is 1. The van der Waals surface area contributed by atoms with Crippen LogP contribution in [0.25, 0.3) is 0 Å². The van der Waals surface area contributed by atoms with Gasteiger partial charge in [-0.15, -0.1) is 0 Å². The van der Waals surface area contributed by atoms with E-state index in [1.807, 2.05) is 25.5 Å². The lowest BCUT2D eigenvalue weighted by Gasteiger charge is -2.25. The lowest BCUT2D eigenvalue weighted by atomic mass is 10.1. The second kappa shape index (κ2) is 4.96. The van der Waals surface area contributed by atoms with E-state index in [-0.39, 0.29) is 11.1 Å². The highest BCUT2D eigenvalue weighted by Crippen LogP contribution is 2.18. The van der Waals surface area contributed by atoms with Gasteiger partial charge in [0.2, 0.25) is 0 Å². The molecular formula is C12H23N3O2. The highest BCUT2D eigenvalue weighted by molar-refractivity contribution is 5.41. The zero-order valence-electron chi connectivity index (χ0n) is 11.4. The third-order valence-corrected chi connectivity index (χ3v) is 2.64. The molecule has 0 radical (unpaired) electrons. The van der Waals surface area contributed by atoms with Crippen molar-refractivity contribution in [3.63, 3.8) is 0 Å². The molecule has 2 N–H and O–H groups in total. The van der Waals surface area contributed by atoms with Crippen LogP contribution in [0, 0.1) is 0 Å². The number of nitrogens with two attached hydrogens (primary N) is 1. The molecular weight excluding hydrogens is 218 g/mol. The molecule has 0 spiro atoms. The number of methoxy groups -OCH3 is 1. The van der Waals surface area contributed by atoms with E-state index >= 15 is 0 Å². The van der Waals surface area contributed by atoms with Gasteiger partial charge in [-0.1, -0.05) is 6.92 Å². The summed E-state index contributed by atoms with van der Waals surface area (Å²) in [6.45, 7) is 9.19. The van der Waals surface area contributed by atoms with Crippen LogP contribution in [0.15, 0.2) is 4.79 Å². The second-order valence-corrected chi connectivity index (χ2v) is 5.20. The predicted octanol–water partition coefficient (Wildman–Crippen LogP) is 1.54. The maximum Gasteiger partial charge on any atom is 0.290 e. The van der Waals surface area contributed by atoms with Crippen LogP contribution in [0.5, 0.6) is 0 Å². The first-order valence-corrected chi connectivity index (χ1v) is 5.94. The molecule has 0 amide bonds. The first-order valence-electron chi connectivity index (χ1n) is 5.94. The van der Waals surface area contributed by atoms with Crippen molar-refractivity contribution in [2.45, 2.75) is 52.8 Å². The maximum atomic E-state index is 12.2. The van der Waals surface area contributed by atoms with Gasteiger partial charge >= 0.3 is 0 Å². The van der Waals surface area contributed by atoms with Crippen molar-refractivity contribution in [1.29, 1.82) is 0 Å². The molecule has 98 valence electrons. The summed E-state index contributed by atoms with van der Waals surface area (Å²) in [5.74, 6) is 0. The molecule has 0 saturated heterocycles. The van der Waals surface area contributed by atoms with E-state index < -0.39 is 0 Å². The van der Waals surface area contributed by atoms with E-state index in [9.17, 15) is 4.79 Å². The van der Waals surface area contributed by atoms with Crippen LogP contribution in [0.2, 0.25) is 0 Å². The Kier molecular flexibility index (Phi) is 4.03. The summed E-state index contributed by atoms with van der Waals surface area (Å²) in [6.07, 6.45) is 0.945. The molecule has 0 aromatic carbocycles. The summed E-state index contributed by atoms with van der Waals surface area (Å²) < 4.78 is 8.79. The number of rotatable bonds is 4. The lowest BCUT2D eigenvalue weighted by molar-refractivity contribution is 0.170. The zero-order chi connectivity index (χ0) is 13.2. The molecule has 1 rings (SSSR count). The van der Waals surface area contributed by atoms with E-state index in [2.05, 4.69) is 6.92 Å². The molecule has 0 aliphatic heterocycles. The number of hydrogen-bond donors (Lipinski definition) is 1. The quantitative estimate of drug-likeness (QED) is 0.869. The Balaban J connectivity index is 3.47. The summed E-state index contributed by atoms with van der Waals surface area (Å²) in [6, 6.07) is 0. The third-order valence-electron chi connectivity index (χ3n) is 2.64. The average molecular weight is 241 g/mol. The Morgan fingerprint density at radius 2 is 1.94 bits per heavy atom. The molecule has 5 nitrogen and oxygen atoms in total. The predicted molar refractivity (Wildman–Crippen MR) is 69.1 cm³/mol. The van der Waals surface area contributed by atoms with Gasteiger partial charge in [-0.05, 0) is 27.2 Å². The summed E-state index contributed by atoms with van der Waals surface area (Å²) >= 11 is 0. The summed E-state index contributed by atoms with van der Waals surface area (Å²) in [5.41, 5.74) is 6.54. The third kappa shape index (κ3) is 2.54. The number of hydrogen-bond acceptors (Lipinski definition) is 3. The fraction of sp³-hybridized carbons (Fsp3) is 0.750. The lowest BCUT2D eigenvalue weighted by Crippen LogP contribution is -2.37. The number of ether oxygens (including phenoxy) is 1. The molecule has 0 bridgehead atoms. The number of nitrogens with zero attached hydrogens (tertiary/aromatic N) is 2. The summed E-state index contributed by atoms with van der Waals surface area (Å²) in [4.78, 5) is 12.2. The first-order chi connectivity index (χ1) is 7.84. The van der Waals surface area contributed by atoms with Crippen LogP contribution in [-0.2, 0) is 23.4 Å². The Bertz CT molecular complexity index is 438. The van der Waals surface area contributed by atoms with Gasteiger partial charge in [-0.3, -0.25) is 9.48 Å². The van der Waals surface area contributed by atoms with E-state index in [1.54, 1.807) is 11.8 Å². The van der Waals surface area contributed by atoms with Crippen molar-refractivity contribution >= 4 is 5.69 Å². The minimum atomic E-state index is -0.285. The topological polar surface area (TPSA) is 62.2 Å². The standard InChI is InChI=1S/C12H23N3O2/c1-6-7-14-9(8-17-5)10(13)11(16)15(14)12(2,3)4/h6-8,13H2,1-5H3. The zero-order valence-corrected chi connectivity index (χ0v) is 11.4. The van der Waals surface area contributed by atoms with Gasteiger partial charge in [-0.25, -0.2) is 4.68 Å². The first kappa shape index (κ1) is 13.8. The Labute approximate surface area is 102 Å². The summed E-state index contributed by atoms with van der Waals surface area (Å²) in [5, 5.41) is 0.